The first kappa shape index (κ1) is 25.6. The van der Waals surface area contributed by atoms with Gasteiger partial charge in [0, 0.05) is 64.5 Å². The number of anilines is 3. The van der Waals surface area contributed by atoms with Crippen LogP contribution in [0.15, 0.2) is 30.3 Å². The Hall–Kier alpha value is -3.07. The molecule has 1 aromatic carbocycles. The minimum absolute atomic E-state index is 0.0687. The normalized spacial score (nSPS) is 19.2. The number of aromatic nitrogens is 2. The number of amides is 2. The highest BCUT2D eigenvalue weighted by Gasteiger charge is 2.21. The summed E-state index contributed by atoms with van der Waals surface area (Å²) in [5.41, 5.74) is 2.77. The Balaban J connectivity index is 1.03. The molecule has 1 aliphatic carbocycles. The Morgan fingerprint density at radius 1 is 0.973 bits per heavy atom. The lowest BCUT2D eigenvalue weighted by molar-refractivity contribution is 0.233. The zero-order valence-corrected chi connectivity index (χ0v) is 22.2. The largest absolute Gasteiger partial charge is 0.369 e. The molecule has 1 aromatic heterocycles. The maximum Gasteiger partial charge on any atom is 0.315 e. The molecule has 9 heteroatoms. The van der Waals surface area contributed by atoms with Gasteiger partial charge in [-0.05, 0) is 63.1 Å². The van der Waals surface area contributed by atoms with Crippen LogP contribution in [-0.4, -0.2) is 86.3 Å². The molecule has 5 rings (SSSR count). The second kappa shape index (κ2) is 12.4. The topological polar surface area (TPSA) is 88.7 Å². The number of urea groups is 1. The minimum Gasteiger partial charge on any atom is -0.369 e. The van der Waals surface area contributed by atoms with Crippen LogP contribution in [0.1, 0.15) is 43.2 Å². The van der Waals surface area contributed by atoms with Crippen LogP contribution in [0.25, 0.3) is 0 Å². The van der Waals surface area contributed by atoms with Crippen molar-refractivity contribution in [3.8, 4) is 0 Å². The average molecular weight is 507 g/mol. The Morgan fingerprint density at radius 2 is 1.68 bits per heavy atom. The third-order valence-electron chi connectivity index (χ3n) is 7.78. The summed E-state index contributed by atoms with van der Waals surface area (Å²) >= 11 is 0. The van der Waals surface area contributed by atoms with Crippen LogP contribution in [0.3, 0.4) is 0 Å². The summed E-state index contributed by atoms with van der Waals surface area (Å²) in [6.45, 7) is 7.31. The number of hydrogen-bond acceptors (Lipinski definition) is 7. The van der Waals surface area contributed by atoms with Crippen LogP contribution in [0, 0.1) is 0 Å². The molecule has 2 saturated heterocycles. The first-order chi connectivity index (χ1) is 18.1. The number of benzene rings is 1. The number of likely N-dealkylation sites (N-methyl/N-ethyl adjacent to an activating group) is 1. The molecule has 200 valence electrons. The average Bonchev–Trinajstić information content (AvgIpc) is 3.64. The van der Waals surface area contributed by atoms with E-state index < -0.39 is 0 Å². The van der Waals surface area contributed by atoms with E-state index >= 15 is 0 Å². The molecule has 0 unspecified atom stereocenters. The van der Waals surface area contributed by atoms with Crippen LogP contribution < -0.4 is 25.8 Å². The number of fused-ring (bicyclic) bond motifs is 1. The molecule has 1 atom stereocenters. The molecular weight excluding hydrogens is 464 g/mol. The zero-order valence-electron chi connectivity index (χ0n) is 22.2. The van der Waals surface area contributed by atoms with Gasteiger partial charge in [-0.25, -0.2) is 4.79 Å². The van der Waals surface area contributed by atoms with Gasteiger partial charge in [-0.3, -0.25) is 0 Å². The van der Waals surface area contributed by atoms with E-state index in [4.69, 9.17) is 9.97 Å². The predicted molar refractivity (Wildman–Crippen MR) is 150 cm³/mol. The van der Waals surface area contributed by atoms with Gasteiger partial charge in [0.05, 0.1) is 0 Å². The summed E-state index contributed by atoms with van der Waals surface area (Å²) in [7, 11) is 2.09. The molecule has 9 nitrogen and oxygen atoms in total. The molecule has 2 aromatic rings. The highest BCUT2D eigenvalue weighted by molar-refractivity contribution is 5.74. The maximum atomic E-state index is 12.4. The van der Waals surface area contributed by atoms with Crippen LogP contribution in [-0.2, 0) is 12.8 Å². The van der Waals surface area contributed by atoms with Crippen molar-refractivity contribution in [3.63, 3.8) is 0 Å². The Kier molecular flexibility index (Phi) is 8.61. The van der Waals surface area contributed by atoms with Crippen molar-refractivity contribution in [3.05, 3.63) is 41.5 Å². The summed E-state index contributed by atoms with van der Waals surface area (Å²) in [6, 6.07) is 10.8. The first-order valence-electron chi connectivity index (χ1n) is 14.1. The quantitative estimate of drug-likeness (QED) is 0.457. The fraction of sp³-hybridized carbons (Fsp3) is 0.607. The molecule has 0 bridgehead atoms. The smallest absolute Gasteiger partial charge is 0.315 e. The van der Waals surface area contributed by atoms with Gasteiger partial charge in [-0.15, -0.1) is 0 Å². The van der Waals surface area contributed by atoms with E-state index in [-0.39, 0.29) is 12.1 Å². The van der Waals surface area contributed by atoms with Crippen LogP contribution in [0.5, 0.6) is 0 Å². The van der Waals surface area contributed by atoms with Crippen molar-refractivity contribution in [1.82, 2.24) is 25.5 Å². The Morgan fingerprint density at radius 3 is 2.46 bits per heavy atom. The van der Waals surface area contributed by atoms with Crippen LogP contribution in [0.2, 0.25) is 0 Å². The summed E-state index contributed by atoms with van der Waals surface area (Å²) in [5.74, 6) is 2.80. The summed E-state index contributed by atoms with van der Waals surface area (Å²) in [6.07, 6.45) is 7.84. The van der Waals surface area contributed by atoms with Crippen LogP contribution >= 0.6 is 0 Å². The van der Waals surface area contributed by atoms with E-state index in [9.17, 15) is 4.79 Å². The molecular formula is C28H42N8O. The molecule has 3 heterocycles. The van der Waals surface area contributed by atoms with Gasteiger partial charge in [0.2, 0.25) is 5.95 Å². The van der Waals surface area contributed by atoms with E-state index in [1.807, 2.05) is 0 Å². The third-order valence-corrected chi connectivity index (χ3v) is 7.78. The van der Waals surface area contributed by atoms with Crippen molar-refractivity contribution in [2.24, 2.45) is 0 Å². The third kappa shape index (κ3) is 7.03. The van der Waals surface area contributed by atoms with E-state index in [1.165, 1.54) is 36.8 Å². The number of rotatable bonds is 10. The number of hydrogen-bond donors (Lipinski definition) is 3. The van der Waals surface area contributed by atoms with Gasteiger partial charge in [-0.2, -0.15) is 9.97 Å². The standard InChI is InChI=1S/C28H42N8O/c1-34(19-13-30-28(37)31-24-11-10-22-8-2-3-9-23(22)20-24)18-12-29-25-21-26(35-14-4-5-15-35)33-27(32-25)36-16-6-7-17-36/h2-3,8-9,21,24H,4-7,10-20H2,1H3,(H,29,32,33)(H2,30,31,37)/t24-/m1/s1. The SMILES string of the molecule is CN(CCNC(=O)N[C@@H]1CCc2ccccc2C1)CCNc1cc(N2CCCC2)nc(N2CCCC2)n1. The highest BCUT2D eigenvalue weighted by Crippen LogP contribution is 2.25. The van der Waals surface area contributed by atoms with Gasteiger partial charge in [0.1, 0.15) is 11.6 Å². The maximum absolute atomic E-state index is 12.4. The van der Waals surface area contributed by atoms with Crippen molar-refractivity contribution >= 4 is 23.6 Å². The number of carbonyl (C=O) groups is 1. The number of nitrogens with one attached hydrogen (secondary N) is 3. The van der Waals surface area contributed by atoms with Crippen molar-refractivity contribution in [1.29, 1.82) is 0 Å². The Bertz CT molecular complexity index is 1000. The molecule has 3 N–H and O–H groups in total. The lowest BCUT2D eigenvalue weighted by Gasteiger charge is -2.25. The molecule has 2 amide bonds. The van der Waals surface area contributed by atoms with Gasteiger partial charge < -0.3 is 30.7 Å². The van der Waals surface area contributed by atoms with E-state index in [1.54, 1.807) is 0 Å². The predicted octanol–water partition coefficient (Wildman–Crippen LogP) is 2.88. The fourth-order valence-electron chi connectivity index (χ4n) is 5.58. The van der Waals surface area contributed by atoms with Crippen LogP contribution in [0.4, 0.5) is 22.4 Å². The molecule has 0 spiro atoms. The summed E-state index contributed by atoms with van der Waals surface area (Å²) in [4.78, 5) is 29.0. The lowest BCUT2D eigenvalue weighted by atomic mass is 9.88. The van der Waals surface area contributed by atoms with Crippen molar-refractivity contribution in [2.45, 2.75) is 51.0 Å². The molecule has 2 aliphatic heterocycles. The molecule has 0 radical (unpaired) electrons. The van der Waals surface area contributed by atoms with Crippen molar-refractivity contribution < 1.29 is 4.79 Å². The Labute approximate surface area is 221 Å². The first-order valence-corrected chi connectivity index (χ1v) is 14.1. The van der Waals surface area contributed by atoms with Gasteiger partial charge >= 0.3 is 6.03 Å². The second-order valence-corrected chi connectivity index (χ2v) is 10.6. The van der Waals surface area contributed by atoms with Gasteiger partial charge in [0.15, 0.2) is 0 Å². The zero-order chi connectivity index (χ0) is 25.5. The van der Waals surface area contributed by atoms with E-state index in [0.29, 0.717) is 6.54 Å². The van der Waals surface area contributed by atoms with E-state index in [2.05, 4.69) is 68.0 Å². The molecule has 37 heavy (non-hydrogen) atoms. The van der Waals surface area contributed by atoms with Gasteiger partial charge in [-0.1, -0.05) is 24.3 Å². The second-order valence-electron chi connectivity index (χ2n) is 10.6. The number of aryl methyl sites for hydroxylation is 1. The minimum atomic E-state index is -0.0687. The number of carbonyl (C=O) groups excluding carboxylic acids is 1. The molecule has 3 aliphatic rings. The molecule has 0 saturated carbocycles. The van der Waals surface area contributed by atoms with E-state index in [0.717, 1.165) is 82.7 Å². The highest BCUT2D eigenvalue weighted by atomic mass is 16.2. The van der Waals surface area contributed by atoms with Crippen molar-refractivity contribution in [2.75, 3.05) is 74.5 Å². The fourth-order valence-corrected chi connectivity index (χ4v) is 5.58. The monoisotopic (exact) mass is 506 g/mol. The lowest BCUT2D eigenvalue weighted by Crippen LogP contribution is -2.46. The summed E-state index contributed by atoms with van der Waals surface area (Å²) < 4.78 is 0. The summed E-state index contributed by atoms with van der Waals surface area (Å²) in [5, 5.41) is 9.70. The number of nitrogens with zero attached hydrogens (tertiary/aromatic N) is 5. The molecule has 2 fully saturated rings. The van der Waals surface area contributed by atoms with Gasteiger partial charge in [0.25, 0.3) is 0 Å².